The molecule has 4 heteroatoms. The predicted molar refractivity (Wildman–Crippen MR) is 82.5 cm³/mol. The smallest absolute Gasteiger partial charge is 0.142 e. The van der Waals surface area contributed by atoms with Crippen LogP contribution in [0.2, 0.25) is 0 Å². The lowest BCUT2D eigenvalue weighted by Crippen LogP contribution is -2.09. The normalized spacial score (nSPS) is 15.9. The zero-order valence-corrected chi connectivity index (χ0v) is 12.1. The second-order valence-electron chi connectivity index (χ2n) is 5.28. The van der Waals surface area contributed by atoms with Crippen LogP contribution in [-0.4, -0.2) is 4.98 Å². The van der Waals surface area contributed by atoms with Crippen molar-refractivity contribution in [3.63, 3.8) is 0 Å². The number of nitrogens with two attached hydrogens (primary N) is 1. The lowest BCUT2D eigenvalue weighted by Gasteiger charge is -2.23. The summed E-state index contributed by atoms with van der Waals surface area (Å²) in [4.78, 5) is 5.52. The van der Waals surface area contributed by atoms with Gasteiger partial charge in [0, 0.05) is 0 Å². The molecule has 0 saturated heterocycles. The SMILES string of the molecule is N#Cc1c(C2CCCCC2)cc(-c2cccs2)nc1N. The molecule has 0 aromatic carbocycles. The van der Waals surface area contributed by atoms with Crippen molar-refractivity contribution >= 4 is 17.2 Å². The monoisotopic (exact) mass is 283 g/mol. The minimum Gasteiger partial charge on any atom is -0.383 e. The van der Waals surface area contributed by atoms with E-state index in [9.17, 15) is 5.26 Å². The first-order valence-corrected chi connectivity index (χ1v) is 7.92. The summed E-state index contributed by atoms with van der Waals surface area (Å²) in [7, 11) is 0. The summed E-state index contributed by atoms with van der Waals surface area (Å²) in [5.41, 5.74) is 8.60. The third-order valence-electron chi connectivity index (χ3n) is 4.01. The first-order valence-electron chi connectivity index (χ1n) is 7.04. The molecule has 0 amide bonds. The van der Waals surface area contributed by atoms with Crippen LogP contribution in [0.1, 0.15) is 49.1 Å². The summed E-state index contributed by atoms with van der Waals surface area (Å²) in [6, 6.07) is 8.38. The van der Waals surface area contributed by atoms with Gasteiger partial charge in [-0.3, -0.25) is 0 Å². The maximum absolute atomic E-state index is 9.38. The minimum atomic E-state index is 0.374. The van der Waals surface area contributed by atoms with Crippen LogP contribution in [0.4, 0.5) is 5.82 Å². The lowest BCUT2D eigenvalue weighted by molar-refractivity contribution is 0.443. The van der Waals surface area contributed by atoms with Gasteiger partial charge in [-0.15, -0.1) is 11.3 Å². The van der Waals surface area contributed by atoms with Gasteiger partial charge in [-0.25, -0.2) is 4.98 Å². The number of hydrogen-bond donors (Lipinski definition) is 1. The summed E-state index contributed by atoms with van der Waals surface area (Å²) in [5, 5.41) is 11.4. The molecule has 0 spiro atoms. The third-order valence-corrected chi connectivity index (χ3v) is 4.90. The Bertz CT molecular complexity index is 634. The zero-order valence-electron chi connectivity index (χ0n) is 11.3. The Labute approximate surface area is 123 Å². The van der Waals surface area contributed by atoms with Crippen molar-refractivity contribution in [1.29, 1.82) is 5.26 Å². The highest BCUT2D eigenvalue weighted by atomic mass is 32.1. The Morgan fingerprint density at radius 1 is 1.30 bits per heavy atom. The van der Waals surface area contributed by atoms with Crippen LogP contribution in [-0.2, 0) is 0 Å². The Balaban J connectivity index is 2.08. The molecule has 1 aliphatic rings. The summed E-state index contributed by atoms with van der Waals surface area (Å²) in [6.45, 7) is 0. The average molecular weight is 283 g/mol. The molecule has 2 heterocycles. The Morgan fingerprint density at radius 2 is 2.10 bits per heavy atom. The topological polar surface area (TPSA) is 62.7 Å². The summed E-state index contributed by atoms with van der Waals surface area (Å²) in [5.74, 6) is 0.835. The standard InChI is InChI=1S/C16H17N3S/c17-10-13-12(11-5-2-1-3-6-11)9-14(19-16(13)18)15-7-4-8-20-15/h4,7-9,11H,1-3,5-6H2,(H2,18,19). The Kier molecular flexibility index (Phi) is 3.70. The van der Waals surface area contributed by atoms with Crippen LogP contribution < -0.4 is 5.73 Å². The van der Waals surface area contributed by atoms with Crippen molar-refractivity contribution in [2.24, 2.45) is 0 Å². The van der Waals surface area contributed by atoms with E-state index < -0.39 is 0 Å². The summed E-state index contributed by atoms with van der Waals surface area (Å²) in [6.07, 6.45) is 6.10. The number of nitrogen functional groups attached to an aromatic ring is 1. The first kappa shape index (κ1) is 13.1. The molecule has 2 aromatic rings. The number of pyridine rings is 1. The van der Waals surface area contributed by atoms with Crippen molar-refractivity contribution in [3.05, 3.63) is 34.7 Å². The molecule has 0 unspecified atom stereocenters. The number of hydrogen-bond acceptors (Lipinski definition) is 4. The van der Waals surface area contributed by atoms with Crippen LogP contribution in [0.25, 0.3) is 10.6 Å². The van der Waals surface area contributed by atoms with Gasteiger partial charge in [-0.2, -0.15) is 5.26 Å². The fourth-order valence-electron chi connectivity index (χ4n) is 2.99. The number of rotatable bonds is 2. The van der Waals surface area contributed by atoms with Gasteiger partial charge in [0.15, 0.2) is 0 Å². The Hall–Kier alpha value is -1.86. The average Bonchev–Trinajstić information content (AvgIpc) is 3.01. The van der Waals surface area contributed by atoms with Crippen molar-refractivity contribution in [2.45, 2.75) is 38.0 Å². The highest BCUT2D eigenvalue weighted by molar-refractivity contribution is 7.13. The molecule has 2 N–H and O–H groups in total. The van der Waals surface area contributed by atoms with Gasteiger partial charge in [-0.05, 0) is 41.8 Å². The van der Waals surface area contributed by atoms with E-state index in [0.717, 1.165) is 29.0 Å². The fraction of sp³-hybridized carbons (Fsp3) is 0.375. The molecule has 3 rings (SSSR count). The van der Waals surface area contributed by atoms with E-state index in [0.29, 0.717) is 17.3 Å². The van der Waals surface area contributed by atoms with E-state index in [1.54, 1.807) is 11.3 Å². The molecule has 0 atom stereocenters. The second-order valence-corrected chi connectivity index (χ2v) is 6.23. The van der Waals surface area contributed by atoms with E-state index >= 15 is 0 Å². The number of nitrogens with zero attached hydrogens (tertiary/aromatic N) is 2. The van der Waals surface area contributed by atoms with Crippen LogP contribution in [0.5, 0.6) is 0 Å². The second kappa shape index (κ2) is 5.64. The molecule has 0 aliphatic heterocycles. The fourth-order valence-corrected chi connectivity index (χ4v) is 3.68. The largest absolute Gasteiger partial charge is 0.383 e. The molecular weight excluding hydrogens is 266 g/mol. The van der Waals surface area contributed by atoms with Gasteiger partial charge in [0.1, 0.15) is 11.9 Å². The summed E-state index contributed by atoms with van der Waals surface area (Å²) >= 11 is 1.65. The van der Waals surface area contributed by atoms with Crippen LogP contribution in [0.3, 0.4) is 0 Å². The predicted octanol–water partition coefficient (Wildman–Crippen LogP) is 4.31. The van der Waals surface area contributed by atoms with Gasteiger partial charge < -0.3 is 5.73 Å². The van der Waals surface area contributed by atoms with Crippen LogP contribution >= 0.6 is 11.3 Å². The minimum absolute atomic E-state index is 0.374. The number of nitriles is 1. The van der Waals surface area contributed by atoms with E-state index in [1.807, 2.05) is 17.5 Å². The molecule has 102 valence electrons. The Morgan fingerprint density at radius 3 is 2.75 bits per heavy atom. The quantitative estimate of drug-likeness (QED) is 0.893. The van der Waals surface area contributed by atoms with Crippen molar-refractivity contribution in [3.8, 4) is 16.6 Å². The van der Waals surface area contributed by atoms with Crippen molar-refractivity contribution in [1.82, 2.24) is 4.98 Å². The first-order chi connectivity index (χ1) is 9.79. The van der Waals surface area contributed by atoms with Gasteiger partial charge in [0.05, 0.1) is 16.1 Å². The van der Waals surface area contributed by atoms with Gasteiger partial charge in [-0.1, -0.05) is 25.3 Å². The summed E-state index contributed by atoms with van der Waals surface area (Å²) < 4.78 is 0. The number of anilines is 1. The third kappa shape index (κ3) is 2.41. The number of thiophene rings is 1. The van der Waals surface area contributed by atoms with Crippen molar-refractivity contribution < 1.29 is 0 Å². The van der Waals surface area contributed by atoms with Crippen molar-refractivity contribution in [2.75, 3.05) is 5.73 Å². The molecule has 3 nitrogen and oxygen atoms in total. The molecule has 2 aromatic heterocycles. The molecule has 0 bridgehead atoms. The highest BCUT2D eigenvalue weighted by Gasteiger charge is 2.22. The van der Waals surface area contributed by atoms with Crippen LogP contribution in [0.15, 0.2) is 23.6 Å². The molecule has 1 fully saturated rings. The maximum Gasteiger partial charge on any atom is 0.142 e. The molecule has 1 aliphatic carbocycles. The molecule has 0 radical (unpaired) electrons. The molecule has 20 heavy (non-hydrogen) atoms. The van der Waals surface area contributed by atoms with Crippen LogP contribution in [0, 0.1) is 11.3 Å². The van der Waals surface area contributed by atoms with Gasteiger partial charge in [0.25, 0.3) is 0 Å². The molecule has 1 saturated carbocycles. The van der Waals surface area contributed by atoms with E-state index in [1.165, 1.54) is 19.3 Å². The maximum atomic E-state index is 9.38. The van der Waals surface area contributed by atoms with Gasteiger partial charge in [0.2, 0.25) is 0 Å². The van der Waals surface area contributed by atoms with E-state index in [4.69, 9.17) is 5.73 Å². The van der Waals surface area contributed by atoms with E-state index in [-0.39, 0.29) is 0 Å². The lowest BCUT2D eigenvalue weighted by atomic mass is 9.82. The zero-order chi connectivity index (χ0) is 13.9. The number of aromatic nitrogens is 1. The highest BCUT2D eigenvalue weighted by Crippen LogP contribution is 2.37. The molecular formula is C16H17N3S. The van der Waals surface area contributed by atoms with E-state index in [2.05, 4.69) is 17.1 Å². The van der Waals surface area contributed by atoms with Gasteiger partial charge >= 0.3 is 0 Å².